The Balaban J connectivity index is 1.88. The molecule has 3 rings (SSSR count). The molecule has 0 unspecified atom stereocenters. The minimum Gasteiger partial charge on any atom is -0.496 e. The minimum atomic E-state index is -0.324. The highest BCUT2D eigenvalue weighted by Gasteiger charge is 2.21. The molecule has 0 atom stereocenters. The molecule has 0 aliphatic carbocycles. The number of carbonyl (C=O) groups is 1. The van der Waals surface area contributed by atoms with Gasteiger partial charge in [0.05, 0.1) is 23.5 Å². The number of aromatic nitrogens is 3. The van der Waals surface area contributed by atoms with Crippen molar-refractivity contribution in [1.82, 2.24) is 14.8 Å². The van der Waals surface area contributed by atoms with Crippen LogP contribution in [0.3, 0.4) is 0 Å². The van der Waals surface area contributed by atoms with Gasteiger partial charge in [-0.2, -0.15) is 5.10 Å². The fourth-order valence-electron chi connectivity index (χ4n) is 2.64. The van der Waals surface area contributed by atoms with E-state index in [0.29, 0.717) is 28.1 Å². The molecule has 0 bridgehead atoms. The smallest absolute Gasteiger partial charge is 0.277 e. The molecule has 1 aromatic carbocycles. The molecule has 0 aliphatic rings. The van der Waals surface area contributed by atoms with Crippen LogP contribution < -0.4 is 10.1 Å². The first-order valence-corrected chi connectivity index (χ1v) is 9.35. The summed E-state index contributed by atoms with van der Waals surface area (Å²) in [6, 6.07) is 5.89. The van der Waals surface area contributed by atoms with Crippen molar-refractivity contribution in [2.24, 2.45) is 0 Å². The number of nitrogens with one attached hydrogen (secondary N) is 1. The number of methoxy groups -OCH3 is 1. The topological polar surface area (TPSA) is 69.0 Å². The maximum atomic E-state index is 12.6. The molecule has 0 fully saturated rings. The number of carbonyl (C=O) groups excluding carboxylic acids is 1. The van der Waals surface area contributed by atoms with Gasteiger partial charge in [0.15, 0.2) is 5.13 Å². The highest BCUT2D eigenvalue weighted by molar-refractivity contribution is 7.14. The molecule has 6 nitrogen and oxygen atoms in total. The van der Waals surface area contributed by atoms with Gasteiger partial charge in [-0.1, -0.05) is 23.2 Å². The predicted molar refractivity (Wildman–Crippen MR) is 104 cm³/mol. The predicted octanol–water partition coefficient (Wildman–Crippen LogP) is 4.56. The van der Waals surface area contributed by atoms with Crippen LogP contribution in [0, 0.1) is 13.8 Å². The number of nitrogens with zero attached hydrogens (tertiary/aromatic N) is 3. The Bertz CT molecular complexity index is 964. The fraction of sp³-hybridized carbons (Fsp3) is 0.278. The second kappa shape index (κ2) is 7.47. The molecule has 1 N–H and O–H groups in total. The number of hydrogen-bond acceptors (Lipinski definition) is 5. The van der Waals surface area contributed by atoms with Crippen LogP contribution in [0.5, 0.6) is 5.75 Å². The van der Waals surface area contributed by atoms with Crippen molar-refractivity contribution in [3.05, 3.63) is 45.6 Å². The van der Waals surface area contributed by atoms with E-state index in [0.717, 1.165) is 22.6 Å². The van der Waals surface area contributed by atoms with E-state index in [2.05, 4.69) is 15.4 Å². The van der Waals surface area contributed by atoms with E-state index in [1.807, 2.05) is 37.4 Å². The largest absolute Gasteiger partial charge is 0.496 e. The minimum absolute atomic E-state index is 0.324. The zero-order chi connectivity index (χ0) is 18.8. The Morgan fingerprint density at radius 2 is 2.15 bits per heavy atom. The summed E-state index contributed by atoms with van der Waals surface area (Å²) in [5.41, 5.74) is 3.71. The Labute approximate surface area is 160 Å². The molecular formula is C18H19ClN4O2S. The molecule has 0 aliphatic heterocycles. The number of hydrogen-bond donors (Lipinski definition) is 1. The van der Waals surface area contributed by atoms with Crippen molar-refractivity contribution in [2.75, 3.05) is 12.4 Å². The summed E-state index contributed by atoms with van der Waals surface area (Å²) in [4.78, 5) is 17.2. The van der Waals surface area contributed by atoms with Gasteiger partial charge in [-0.3, -0.25) is 14.8 Å². The van der Waals surface area contributed by atoms with E-state index in [-0.39, 0.29) is 5.91 Å². The van der Waals surface area contributed by atoms with E-state index in [4.69, 9.17) is 16.3 Å². The van der Waals surface area contributed by atoms with E-state index < -0.39 is 0 Å². The van der Waals surface area contributed by atoms with Gasteiger partial charge in [-0.25, -0.2) is 4.98 Å². The first-order valence-electron chi connectivity index (χ1n) is 8.09. The zero-order valence-corrected chi connectivity index (χ0v) is 16.5. The standard InChI is InChI=1S/C18H19ClN4O2S/c1-5-23-16(15(19)11(3)22-23)17(24)21-18-20-13(9-26-18)12-8-10(2)6-7-14(12)25-4/h6-9H,5H2,1-4H3,(H,20,21,24). The van der Waals surface area contributed by atoms with E-state index in [9.17, 15) is 4.79 Å². The zero-order valence-electron chi connectivity index (χ0n) is 15.0. The van der Waals surface area contributed by atoms with Crippen LogP contribution in [-0.4, -0.2) is 27.8 Å². The number of aryl methyl sites for hydroxylation is 3. The van der Waals surface area contributed by atoms with Gasteiger partial charge in [0.1, 0.15) is 11.4 Å². The molecule has 0 saturated carbocycles. The lowest BCUT2D eigenvalue weighted by molar-refractivity contribution is 0.101. The van der Waals surface area contributed by atoms with Gasteiger partial charge >= 0.3 is 0 Å². The third kappa shape index (κ3) is 3.45. The van der Waals surface area contributed by atoms with E-state index in [1.165, 1.54) is 11.3 Å². The van der Waals surface area contributed by atoms with Gasteiger partial charge in [-0.05, 0) is 32.9 Å². The summed E-state index contributed by atoms with van der Waals surface area (Å²) in [5.74, 6) is 0.413. The summed E-state index contributed by atoms with van der Waals surface area (Å²) in [6.45, 7) is 6.25. The Kier molecular flexibility index (Phi) is 5.29. The van der Waals surface area contributed by atoms with Crippen LogP contribution in [0.4, 0.5) is 5.13 Å². The van der Waals surface area contributed by atoms with Crippen molar-refractivity contribution in [2.45, 2.75) is 27.3 Å². The molecular weight excluding hydrogens is 372 g/mol. The maximum absolute atomic E-state index is 12.6. The van der Waals surface area contributed by atoms with E-state index >= 15 is 0 Å². The van der Waals surface area contributed by atoms with Gasteiger partial charge in [-0.15, -0.1) is 11.3 Å². The highest BCUT2D eigenvalue weighted by Crippen LogP contribution is 2.33. The lowest BCUT2D eigenvalue weighted by Crippen LogP contribution is -2.17. The van der Waals surface area contributed by atoms with Gasteiger partial charge in [0.25, 0.3) is 5.91 Å². The number of amides is 1. The summed E-state index contributed by atoms with van der Waals surface area (Å²) in [5, 5.41) is 9.82. The summed E-state index contributed by atoms with van der Waals surface area (Å²) in [6.07, 6.45) is 0. The molecule has 2 aromatic heterocycles. The molecule has 0 spiro atoms. The Morgan fingerprint density at radius 1 is 1.38 bits per heavy atom. The SMILES string of the molecule is CCn1nc(C)c(Cl)c1C(=O)Nc1nc(-c2cc(C)ccc2OC)cs1. The molecule has 1 amide bonds. The second-order valence-corrected chi connectivity index (χ2v) is 7.00. The van der Waals surface area contributed by atoms with E-state index in [1.54, 1.807) is 18.7 Å². The number of thiazole rings is 1. The Hall–Kier alpha value is -2.38. The lowest BCUT2D eigenvalue weighted by atomic mass is 10.1. The van der Waals surface area contributed by atoms with Crippen LogP contribution in [0.15, 0.2) is 23.6 Å². The van der Waals surface area contributed by atoms with Crippen LogP contribution in [0.1, 0.15) is 28.7 Å². The first kappa shape index (κ1) is 18.4. The third-order valence-electron chi connectivity index (χ3n) is 3.92. The quantitative estimate of drug-likeness (QED) is 0.693. The summed E-state index contributed by atoms with van der Waals surface area (Å²) in [7, 11) is 1.62. The average molecular weight is 391 g/mol. The monoisotopic (exact) mass is 390 g/mol. The van der Waals surface area contributed by atoms with Crippen molar-refractivity contribution in [1.29, 1.82) is 0 Å². The van der Waals surface area contributed by atoms with Crippen LogP contribution in [-0.2, 0) is 6.54 Å². The summed E-state index contributed by atoms with van der Waals surface area (Å²) >= 11 is 7.58. The molecule has 8 heteroatoms. The number of halogens is 1. The van der Waals surface area contributed by atoms with Crippen molar-refractivity contribution in [3.63, 3.8) is 0 Å². The van der Waals surface area contributed by atoms with Crippen molar-refractivity contribution in [3.8, 4) is 17.0 Å². The average Bonchev–Trinajstić information content (AvgIpc) is 3.19. The maximum Gasteiger partial charge on any atom is 0.277 e. The molecule has 0 saturated heterocycles. The number of benzene rings is 1. The molecule has 0 radical (unpaired) electrons. The fourth-order valence-corrected chi connectivity index (χ4v) is 3.57. The molecule has 136 valence electrons. The Morgan fingerprint density at radius 3 is 2.85 bits per heavy atom. The highest BCUT2D eigenvalue weighted by atomic mass is 35.5. The van der Waals surface area contributed by atoms with Gasteiger partial charge in [0.2, 0.25) is 0 Å². The third-order valence-corrected chi connectivity index (χ3v) is 5.13. The number of anilines is 1. The van der Waals surface area contributed by atoms with Crippen LogP contribution in [0.25, 0.3) is 11.3 Å². The van der Waals surface area contributed by atoms with Crippen molar-refractivity contribution < 1.29 is 9.53 Å². The summed E-state index contributed by atoms with van der Waals surface area (Å²) < 4.78 is 7.00. The van der Waals surface area contributed by atoms with Gasteiger partial charge in [0, 0.05) is 17.5 Å². The first-order chi connectivity index (χ1) is 12.4. The molecule has 2 heterocycles. The van der Waals surface area contributed by atoms with Crippen LogP contribution >= 0.6 is 22.9 Å². The van der Waals surface area contributed by atoms with Gasteiger partial charge < -0.3 is 4.74 Å². The molecule has 26 heavy (non-hydrogen) atoms. The normalized spacial score (nSPS) is 10.8. The second-order valence-electron chi connectivity index (χ2n) is 5.76. The number of ether oxygens (including phenoxy) is 1. The lowest BCUT2D eigenvalue weighted by Gasteiger charge is -2.07. The van der Waals surface area contributed by atoms with Crippen LogP contribution in [0.2, 0.25) is 5.02 Å². The number of rotatable bonds is 5. The molecule has 3 aromatic rings. The van der Waals surface area contributed by atoms with Crippen molar-refractivity contribution >= 4 is 34.0 Å².